The normalized spacial score (nSPS) is 17.5. The lowest BCUT2D eigenvalue weighted by atomic mass is 10.1. The number of anilines is 1. The second-order valence-electron chi connectivity index (χ2n) is 6.30. The third-order valence-corrected chi connectivity index (χ3v) is 4.30. The lowest BCUT2D eigenvalue weighted by Gasteiger charge is -2.32. The van der Waals surface area contributed by atoms with Crippen molar-refractivity contribution >= 4 is 11.7 Å². The number of urea groups is 1. The highest BCUT2D eigenvalue weighted by Crippen LogP contribution is 2.17. The SMILES string of the molecule is Cc1ccc(NC(=O)N2CCC[C@H](OCc3ccccc3)C2)cc1. The van der Waals surface area contributed by atoms with E-state index in [2.05, 4.69) is 17.4 Å². The van der Waals surface area contributed by atoms with Gasteiger partial charge in [0, 0.05) is 18.8 Å². The van der Waals surface area contributed by atoms with Crippen LogP contribution in [-0.4, -0.2) is 30.1 Å². The van der Waals surface area contributed by atoms with Crippen molar-refractivity contribution in [1.82, 2.24) is 4.90 Å². The van der Waals surface area contributed by atoms with Crippen LogP contribution in [0.4, 0.5) is 10.5 Å². The number of amides is 2. The van der Waals surface area contributed by atoms with Gasteiger partial charge in [-0.3, -0.25) is 0 Å². The van der Waals surface area contributed by atoms with E-state index in [9.17, 15) is 4.79 Å². The molecule has 0 bridgehead atoms. The van der Waals surface area contributed by atoms with Crippen LogP contribution in [0, 0.1) is 6.92 Å². The van der Waals surface area contributed by atoms with Crippen LogP contribution in [0.15, 0.2) is 54.6 Å². The van der Waals surface area contributed by atoms with E-state index in [0.717, 1.165) is 25.1 Å². The molecule has 24 heavy (non-hydrogen) atoms. The number of benzene rings is 2. The summed E-state index contributed by atoms with van der Waals surface area (Å²) in [5.41, 5.74) is 3.18. The molecule has 3 rings (SSSR count). The molecule has 1 N–H and O–H groups in total. The van der Waals surface area contributed by atoms with E-state index in [0.29, 0.717) is 13.2 Å². The lowest BCUT2D eigenvalue weighted by molar-refractivity contribution is 0.00102. The van der Waals surface area contributed by atoms with E-state index < -0.39 is 0 Å². The Labute approximate surface area is 143 Å². The number of nitrogens with zero attached hydrogens (tertiary/aromatic N) is 1. The van der Waals surface area contributed by atoms with Crippen molar-refractivity contribution in [2.45, 2.75) is 32.5 Å². The Morgan fingerprint density at radius 3 is 2.67 bits per heavy atom. The van der Waals surface area contributed by atoms with E-state index in [1.165, 1.54) is 11.1 Å². The number of ether oxygens (including phenoxy) is 1. The summed E-state index contributed by atoms with van der Waals surface area (Å²) in [5, 5.41) is 2.96. The standard InChI is InChI=1S/C20H24N2O2/c1-16-9-11-18(12-10-16)21-20(23)22-13-5-8-19(14-22)24-15-17-6-3-2-4-7-17/h2-4,6-7,9-12,19H,5,8,13-15H2,1H3,(H,21,23)/t19-/m0/s1. The summed E-state index contributed by atoms with van der Waals surface area (Å²) in [6.45, 7) is 4.05. The van der Waals surface area contributed by atoms with Gasteiger partial charge in [-0.2, -0.15) is 0 Å². The molecule has 0 aliphatic carbocycles. The zero-order valence-corrected chi connectivity index (χ0v) is 14.1. The van der Waals surface area contributed by atoms with Gasteiger partial charge in [0.15, 0.2) is 0 Å². The summed E-state index contributed by atoms with van der Waals surface area (Å²) in [4.78, 5) is 14.3. The van der Waals surface area contributed by atoms with Crippen molar-refractivity contribution < 1.29 is 9.53 Å². The Bertz CT molecular complexity index is 655. The van der Waals surface area contributed by atoms with Gasteiger partial charge in [-0.25, -0.2) is 4.79 Å². The smallest absolute Gasteiger partial charge is 0.321 e. The molecule has 1 fully saturated rings. The zero-order chi connectivity index (χ0) is 16.8. The number of piperidine rings is 1. The van der Waals surface area contributed by atoms with Crippen molar-refractivity contribution in [3.05, 3.63) is 65.7 Å². The number of nitrogens with one attached hydrogen (secondary N) is 1. The molecule has 2 aromatic carbocycles. The fraction of sp³-hybridized carbons (Fsp3) is 0.350. The maximum absolute atomic E-state index is 12.4. The topological polar surface area (TPSA) is 41.6 Å². The van der Waals surface area contributed by atoms with Gasteiger partial charge in [-0.1, -0.05) is 48.0 Å². The average Bonchev–Trinajstić information content (AvgIpc) is 2.63. The third-order valence-electron chi connectivity index (χ3n) is 4.30. The van der Waals surface area contributed by atoms with Crippen molar-refractivity contribution in [1.29, 1.82) is 0 Å². The summed E-state index contributed by atoms with van der Waals surface area (Å²) in [6.07, 6.45) is 2.07. The van der Waals surface area contributed by atoms with Crippen LogP contribution in [0.25, 0.3) is 0 Å². The Morgan fingerprint density at radius 2 is 1.92 bits per heavy atom. The molecular formula is C20H24N2O2. The first-order valence-electron chi connectivity index (χ1n) is 8.49. The van der Waals surface area contributed by atoms with Crippen LogP contribution in [0.2, 0.25) is 0 Å². The number of hydrogen-bond donors (Lipinski definition) is 1. The molecule has 2 aromatic rings. The second kappa shape index (κ2) is 7.97. The molecule has 0 saturated carbocycles. The summed E-state index contributed by atoms with van der Waals surface area (Å²) in [6, 6.07) is 18.0. The van der Waals surface area contributed by atoms with Gasteiger partial charge in [0.25, 0.3) is 0 Å². The molecular weight excluding hydrogens is 300 g/mol. The summed E-state index contributed by atoms with van der Waals surface area (Å²) >= 11 is 0. The Hall–Kier alpha value is -2.33. The fourth-order valence-corrected chi connectivity index (χ4v) is 2.89. The Morgan fingerprint density at radius 1 is 1.17 bits per heavy atom. The van der Waals surface area contributed by atoms with E-state index in [1.807, 2.05) is 54.3 Å². The molecule has 126 valence electrons. The van der Waals surface area contributed by atoms with Crippen molar-refractivity contribution in [3.63, 3.8) is 0 Å². The predicted octanol–water partition coefficient (Wildman–Crippen LogP) is 4.21. The number of rotatable bonds is 4. The first-order chi connectivity index (χ1) is 11.7. The number of likely N-dealkylation sites (tertiary alicyclic amines) is 1. The van der Waals surface area contributed by atoms with Crippen LogP contribution in [-0.2, 0) is 11.3 Å². The highest BCUT2D eigenvalue weighted by atomic mass is 16.5. The van der Waals surface area contributed by atoms with Crippen LogP contribution in [0.5, 0.6) is 0 Å². The van der Waals surface area contributed by atoms with Gasteiger partial charge in [-0.05, 0) is 37.5 Å². The van der Waals surface area contributed by atoms with Crippen molar-refractivity contribution in [2.24, 2.45) is 0 Å². The quantitative estimate of drug-likeness (QED) is 0.915. The molecule has 0 radical (unpaired) electrons. The maximum atomic E-state index is 12.4. The van der Waals surface area contributed by atoms with Gasteiger partial charge >= 0.3 is 6.03 Å². The molecule has 4 heteroatoms. The van der Waals surface area contributed by atoms with Gasteiger partial charge in [-0.15, -0.1) is 0 Å². The Balaban J connectivity index is 1.51. The third kappa shape index (κ3) is 4.59. The van der Waals surface area contributed by atoms with Gasteiger partial charge in [0.2, 0.25) is 0 Å². The molecule has 1 atom stereocenters. The number of hydrogen-bond acceptors (Lipinski definition) is 2. The van der Waals surface area contributed by atoms with Gasteiger partial charge in [0.1, 0.15) is 0 Å². The molecule has 1 saturated heterocycles. The number of carbonyl (C=O) groups excluding carboxylic acids is 1. The summed E-state index contributed by atoms with van der Waals surface area (Å²) in [5.74, 6) is 0. The number of carbonyl (C=O) groups is 1. The monoisotopic (exact) mass is 324 g/mol. The molecule has 4 nitrogen and oxygen atoms in total. The average molecular weight is 324 g/mol. The maximum Gasteiger partial charge on any atom is 0.321 e. The molecule has 0 aromatic heterocycles. The highest BCUT2D eigenvalue weighted by Gasteiger charge is 2.24. The minimum Gasteiger partial charge on any atom is -0.372 e. The molecule has 1 aliphatic rings. The predicted molar refractivity (Wildman–Crippen MR) is 96.0 cm³/mol. The van der Waals surface area contributed by atoms with Crippen LogP contribution < -0.4 is 5.32 Å². The van der Waals surface area contributed by atoms with E-state index in [1.54, 1.807) is 0 Å². The van der Waals surface area contributed by atoms with Gasteiger partial charge < -0.3 is 15.0 Å². The minimum absolute atomic E-state index is 0.0492. The van der Waals surface area contributed by atoms with Crippen LogP contribution in [0.1, 0.15) is 24.0 Å². The first-order valence-corrected chi connectivity index (χ1v) is 8.49. The first kappa shape index (κ1) is 16.5. The van der Waals surface area contributed by atoms with E-state index in [4.69, 9.17) is 4.74 Å². The summed E-state index contributed by atoms with van der Waals surface area (Å²) < 4.78 is 5.99. The minimum atomic E-state index is -0.0492. The van der Waals surface area contributed by atoms with E-state index in [-0.39, 0.29) is 12.1 Å². The summed E-state index contributed by atoms with van der Waals surface area (Å²) in [7, 11) is 0. The van der Waals surface area contributed by atoms with Crippen molar-refractivity contribution in [3.8, 4) is 0 Å². The van der Waals surface area contributed by atoms with Gasteiger partial charge in [0.05, 0.1) is 12.7 Å². The second-order valence-corrected chi connectivity index (χ2v) is 6.30. The number of aryl methyl sites for hydroxylation is 1. The highest BCUT2D eigenvalue weighted by molar-refractivity contribution is 5.89. The van der Waals surface area contributed by atoms with Crippen molar-refractivity contribution in [2.75, 3.05) is 18.4 Å². The van der Waals surface area contributed by atoms with Crippen LogP contribution >= 0.6 is 0 Å². The molecule has 2 amide bonds. The lowest BCUT2D eigenvalue weighted by Crippen LogP contribution is -2.45. The molecule has 1 aliphatic heterocycles. The van der Waals surface area contributed by atoms with Crippen LogP contribution in [0.3, 0.4) is 0 Å². The molecule has 0 spiro atoms. The largest absolute Gasteiger partial charge is 0.372 e. The molecule has 0 unspecified atom stereocenters. The zero-order valence-electron chi connectivity index (χ0n) is 14.1. The molecule has 1 heterocycles. The Kier molecular flexibility index (Phi) is 5.49. The van der Waals surface area contributed by atoms with E-state index >= 15 is 0 Å². The fourth-order valence-electron chi connectivity index (χ4n) is 2.89.